The highest BCUT2D eigenvalue weighted by Crippen LogP contribution is 2.10. The summed E-state index contributed by atoms with van der Waals surface area (Å²) in [6, 6.07) is 0. The van der Waals surface area contributed by atoms with Crippen LogP contribution in [0.4, 0.5) is 0 Å². The predicted octanol–water partition coefficient (Wildman–Crippen LogP) is 3.25. The van der Waals surface area contributed by atoms with Gasteiger partial charge in [-0.15, -0.1) is 0 Å². The van der Waals surface area contributed by atoms with E-state index in [0.29, 0.717) is 6.42 Å². The lowest BCUT2D eigenvalue weighted by Crippen LogP contribution is -2.02. The normalized spacial score (nSPS) is 17.6. The molecule has 1 unspecified atom stereocenters. The van der Waals surface area contributed by atoms with Crippen LogP contribution in [0, 0.1) is 0 Å². The van der Waals surface area contributed by atoms with E-state index in [9.17, 15) is 10.2 Å². The van der Waals surface area contributed by atoms with Gasteiger partial charge in [-0.2, -0.15) is 0 Å². The van der Waals surface area contributed by atoms with Crippen LogP contribution in [-0.2, 0) is 0 Å². The number of rotatable bonds is 5. The molecule has 0 aromatic heterocycles. The fraction of sp³-hybridized carbons (Fsp3) is 0.200. The maximum Gasteiger partial charge on any atom is 0.111 e. The van der Waals surface area contributed by atoms with Gasteiger partial charge in [-0.25, -0.2) is 0 Å². The summed E-state index contributed by atoms with van der Waals surface area (Å²) in [5, 5.41) is 27.6. The Labute approximate surface area is 107 Å². The van der Waals surface area contributed by atoms with Crippen LogP contribution in [0.15, 0.2) is 72.3 Å². The molecule has 1 aliphatic carbocycles. The number of hydrogen-bond donors (Lipinski definition) is 3. The lowest BCUT2D eigenvalue weighted by Gasteiger charge is -2.01. The van der Waals surface area contributed by atoms with E-state index in [1.54, 1.807) is 30.4 Å². The summed E-state index contributed by atoms with van der Waals surface area (Å²) >= 11 is 0. The van der Waals surface area contributed by atoms with Crippen molar-refractivity contribution in [3.8, 4) is 0 Å². The van der Waals surface area contributed by atoms with Crippen molar-refractivity contribution in [3.63, 3.8) is 0 Å². The van der Waals surface area contributed by atoms with E-state index >= 15 is 0 Å². The van der Waals surface area contributed by atoms with Crippen LogP contribution in [0.1, 0.15) is 12.8 Å². The number of hydrogen-bond acceptors (Lipinski definition) is 3. The summed E-state index contributed by atoms with van der Waals surface area (Å²) in [5.41, 5.74) is 0.987. The molecule has 0 saturated heterocycles. The van der Waals surface area contributed by atoms with E-state index in [1.165, 1.54) is 0 Å². The second-order valence-electron chi connectivity index (χ2n) is 3.98. The molecule has 3 N–H and O–H groups in total. The van der Waals surface area contributed by atoms with Crippen molar-refractivity contribution in [2.75, 3.05) is 0 Å². The van der Waals surface area contributed by atoms with Crippen molar-refractivity contribution in [2.24, 2.45) is 0 Å². The second-order valence-corrected chi connectivity index (χ2v) is 3.98. The molecular formula is C15H18O3. The molecule has 0 bridgehead atoms. The molecule has 0 aromatic carbocycles. The molecule has 3 nitrogen and oxygen atoms in total. The Morgan fingerprint density at radius 2 is 2.11 bits per heavy atom. The fourth-order valence-corrected chi connectivity index (χ4v) is 1.43. The van der Waals surface area contributed by atoms with Gasteiger partial charge in [-0.05, 0) is 24.1 Å². The third kappa shape index (κ3) is 5.92. The molecule has 96 valence electrons. The Kier molecular flexibility index (Phi) is 5.74. The predicted molar refractivity (Wildman–Crippen MR) is 73.2 cm³/mol. The standard InChI is InChI=1S/C15H18O3/c1-12(16)11-15(18)7-3-2-5-13-6-4-8-14(17)10-9-13/h2-3,5-10,15-18H,1,4,11H2/b5-2+,7-3+. The minimum absolute atomic E-state index is 0.0351. The maximum atomic E-state index is 9.42. The largest absolute Gasteiger partial charge is 0.513 e. The topological polar surface area (TPSA) is 60.7 Å². The van der Waals surface area contributed by atoms with Gasteiger partial charge >= 0.3 is 0 Å². The Balaban J connectivity index is 2.46. The number of aliphatic hydroxyl groups excluding tert-OH is 3. The molecule has 0 aliphatic heterocycles. The molecule has 0 fully saturated rings. The van der Waals surface area contributed by atoms with Crippen LogP contribution < -0.4 is 0 Å². The Hall–Kier alpha value is -2.00. The van der Waals surface area contributed by atoms with Crippen molar-refractivity contribution in [3.05, 3.63) is 72.3 Å². The Bertz CT molecular complexity index is 437. The summed E-state index contributed by atoms with van der Waals surface area (Å²) in [4.78, 5) is 0. The van der Waals surface area contributed by atoms with E-state index < -0.39 is 6.10 Å². The van der Waals surface area contributed by atoms with Crippen molar-refractivity contribution in [1.82, 2.24) is 0 Å². The zero-order valence-electron chi connectivity index (χ0n) is 10.2. The molecule has 0 heterocycles. The van der Waals surface area contributed by atoms with Crippen molar-refractivity contribution in [2.45, 2.75) is 18.9 Å². The molecular weight excluding hydrogens is 228 g/mol. The summed E-state index contributed by atoms with van der Waals surface area (Å²) in [5.74, 6) is 0.231. The molecule has 0 saturated carbocycles. The number of aliphatic hydroxyl groups is 3. The van der Waals surface area contributed by atoms with Gasteiger partial charge in [-0.1, -0.05) is 43.0 Å². The highest BCUT2D eigenvalue weighted by Gasteiger charge is 1.99. The van der Waals surface area contributed by atoms with Crippen molar-refractivity contribution >= 4 is 0 Å². The fourth-order valence-electron chi connectivity index (χ4n) is 1.43. The van der Waals surface area contributed by atoms with Gasteiger partial charge in [0.25, 0.3) is 0 Å². The summed E-state index contributed by atoms with van der Waals surface area (Å²) in [6.07, 6.45) is 14.2. The van der Waals surface area contributed by atoms with E-state index in [2.05, 4.69) is 6.58 Å². The minimum Gasteiger partial charge on any atom is -0.513 e. The molecule has 1 aliphatic rings. The molecule has 1 atom stereocenters. The lowest BCUT2D eigenvalue weighted by molar-refractivity contribution is 0.203. The third-order valence-electron chi connectivity index (χ3n) is 2.30. The van der Waals surface area contributed by atoms with Gasteiger partial charge < -0.3 is 15.3 Å². The van der Waals surface area contributed by atoms with Crippen LogP contribution in [0.25, 0.3) is 0 Å². The van der Waals surface area contributed by atoms with Crippen LogP contribution in [0.5, 0.6) is 0 Å². The zero-order chi connectivity index (χ0) is 13.4. The zero-order valence-corrected chi connectivity index (χ0v) is 10.2. The monoisotopic (exact) mass is 246 g/mol. The Morgan fingerprint density at radius 3 is 2.83 bits per heavy atom. The van der Waals surface area contributed by atoms with Gasteiger partial charge in [0.2, 0.25) is 0 Å². The molecule has 0 spiro atoms. The molecule has 0 aromatic rings. The van der Waals surface area contributed by atoms with E-state index in [0.717, 1.165) is 5.57 Å². The highest BCUT2D eigenvalue weighted by molar-refractivity contribution is 5.37. The van der Waals surface area contributed by atoms with Crippen molar-refractivity contribution < 1.29 is 15.3 Å². The first-order valence-electron chi connectivity index (χ1n) is 5.75. The van der Waals surface area contributed by atoms with E-state index in [4.69, 9.17) is 5.11 Å². The molecule has 3 heteroatoms. The van der Waals surface area contributed by atoms with Gasteiger partial charge in [0, 0.05) is 6.42 Å². The summed E-state index contributed by atoms with van der Waals surface area (Å²) in [6.45, 7) is 3.31. The van der Waals surface area contributed by atoms with Gasteiger partial charge in [0.15, 0.2) is 0 Å². The molecule has 0 amide bonds. The first-order valence-corrected chi connectivity index (χ1v) is 5.75. The first kappa shape index (κ1) is 14.1. The summed E-state index contributed by atoms with van der Waals surface area (Å²) in [7, 11) is 0. The van der Waals surface area contributed by atoms with Gasteiger partial charge in [-0.3, -0.25) is 0 Å². The minimum atomic E-state index is -0.725. The lowest BCUT2D eigenvalue weighted by atomic mass is 10.2. The van der Waals surface area contributed by atoms with Crippen LogP contribution in [-0.4, -0.2) is 21.4 Å². The summed E-state index contributed by atoms with van der Waals surface area (Å²) < 4.78 is 0. The van der Waals surface area contributed by atoms with E-state index in [-0.39, 0.29) is 17.9 Å². The van der Waals surface area contributed by atoms with Gasteiger partial charge in [0.1, 0.15) is 5.76 Å². The average molecular weight is 246 g/mol. The number of allylic oxidation sites excluding steroid dienone is 8. The smallest absolute Gasteiger partial charge is 0.111 e. The average Bonchev–Trinajstić information content (AvgIpc) is 2.49. The SMILES string of the molecule is C=C(O)CC(O)/C=C/C=C/C1=CCC=C(O)C=C1. The molecule has 1 rings (SSSR count). The Morgan fingerprint density at radius 1 is 1.33 bits per heavy atom. The van der Waals surface area contributed by atoms with Crippen LogP contribution in [0.3, 0.4) is 0 Å². The second kappa shape index (κ2) is 7.35. The maximum absolute atomic E-state index is 9.42. The van der Waals surface area contributed by atoms with Crippen LogP contribution >= 0.6 is 0 Å². The molecule has 0 radical (unpaired) electrons. The molecule has 18 heavy (non-hydrogen) atoms. The van der Waals surface area contributed by atoms with E-state index in [1.807, 2.05) is 18.2 Å². The third-order valence-corrected chi connectivity index (χ3v) is 2.30. The first-order chi connectivity index (χ1) is 8.58. The van der Waals surface area contributed by atoms with Crippen LogP contribution in [0.2, 0.25) is 0 Å². The quantitative estimate of drug-likeness (QED) is 0.515. The van der Waals surface area contributed by atoms with Gasteiger partial charge in [0.05, 0.1) is 11.9 Å². The van der Waals surface area contributed by atoms with Crippen molar-refractivity contribution in [1.29, 1.82) is 0 Å². The highest BCUT2D eigenvalue weighted by atomic mass is 16.3.